The summed E-state index contributed by atoms with van der Waals surface area (Å²) in [5.74, 6) is -4.42. The zero-order valence-electron chi connectivity index (χ0n) is 13.1. The summed E-state index contributed by atoms with van der Waals surface area (Å²) in [5, 5.41) is 42.5. The van der Waals surface area contributed by atoms with Gasteiger partial charge in [-0.15, -0.1) is 0 Å². The molecule has 1 amide bonds. The number of carboxylic acid groups (broad SMARTS) is 1. The Kier molecular flexibility index (Phi) is 6.66. The number of nitrogens with one attached hydrogen (secondary N) is 1. The molecule has 1 aliphatic heterocycles. The quantitative estimate of drug-likeness (QED) is 0.361. The zero-order chi connectivity index (χ0) is 17.8. The Morgan fingerprint density at radius 1 is 1.43 bits per heavy atom. The fraction of sp³-hybridized carbons (Fsp3) is 0.714. The maximum atomic E-state index is 11.5. The summed E-state index contributed by atoms with van der Waals surface area (Å²) in [6.45, 7) is 3.61. The van der Waals surface area contributed by atoms with E-state index in [4.69, 9.17) is 14.6 Å². The number of hydrogen-bond donors (Lipinski definition) is 4. The average Bonchev–Trinajstić information content (AvgIpc) is 2.46. The van der Waals surface area contributed by atoms with Crippen LogP contribution in [0.1, 0.15) is 20.8 Å². The maximum absolute atomic E-state index is 11.5. The molecule has 5 atom stereocenters. The van der Waals surface area contributed by atoms with Crippen LogP contribution in [-0.4, -0.2) is 70.0 Å². The molecule has 0 spiro atoms. The molecule has 9 nitrogen and oxygen atoms in total. The van der Waals surface area contributed by atoms with Crippen LogP contribution in [0.3, 0.4) is 0 Å². The Morgan fingerprint density at radius 2 is 2.04 bits per heavy atom. The monoisotopic (exact) mass is 332 g/mol. The third-order valence-corrected chi connectivity index (χ3v) is 3.17. The summed E-state index contributed by atoms with van der Waals surface area (Å²) in [6.07, 6.45) is -2.84. The van der Waals surface area contributed by atoms with Crippen molar-refractivity contribution in [2.24, 2.45) is 0 Å². The standard InChI is InChI=1S/C14H23NO8/c1-7(2)22-14(13(20)21)5-4-9(15-8(3)17)12(23-14)11(19)10(18)6-16/h4-5,7,9-12,16,18-19H,6H2,1-3H3,(H,15,17)(H,20,21)/p-1/t9-,10-,11-,12-,14+/m1/s1. The van der Waals surface area contributed by atoms with E-state index in [9.17, 15) is 24.9 Å². The first kappa shape index (κ1) is 19.5. The third kappa shape index (κ3) is 4.72. The number of carbonyl (C=O) groups is 2. The van der Waals surface area contributed by atoms with Gasteiger partial charge in [0.1, 0.15) is 24.3 Å². The Labute approximate surface area is 133 Å². The third-order valence-electron chi connectivity index (χ3n) is 3.17. The molecule has 1 heterocycles. The molecule has 1 rings (SSSR count). The SMILES string of the molecule is CC(=O)N[C@@H]1C=C[C@@](OC(C)C)(C(=O)[O-])O[C@H]1[C@H](O)[C@H](O)CO. The van der Waals surface area contributed by atoms with Gasteiger partial charge in [0.15, 0.2) is 0 Å². The van der Waals surface area contributed by atoms with Crippen LogP contribution in [0.25, 0.3) is 0 Å². The molecule has 0 aromatic carbocycles. The lowest BCUT2D eigenvalue weighted by Crippen LogP contribution is -2.63. The van der Waals surface area contributed by atoms with Crippen molar-refractivity contribution in [3.8, 4) is 0 Å². The second kappa shape index (κ2) is 7.84. The molecule has 1 aliphatic rings. The maximum Gasteiger partial charge on any atom is 0.230 e. The van der Waals surface area contributed by atoms with Crippen LogP contribution >= 0.6 is 0 Å². The van der Waals surface area contributed by atoms with E-state index in [-0.39, 0.29) is 0 Å². The highest BCUT2D eigenvalue weighted by molar-refractivity contribution is 5.77. The molecule has 0 bridgehead atoms. The van der Waals surface area contributed by atoms with Gasteiger partial charge in [0.2, 0.25) is 11.7 Å². The van der Waals surface area contributed by atoms with Crippen LogP contribution in [-0.2, 0) is 19.1 Å². The molecule has 0 unspecified atom stereocenters. The molecule has 132 valence electrons. The van der Waals surface area contributed by atoms with Crippen molar-refractivity contribution in [1.29, 1.82) is 0 Å². The van der Waals surface area contributed by atoms with E-state index in [0.29, 0.717) is 0 Å². The Bertz CT molecular complexity index is 466. The molecule has 0 aromatic heterocycles. The van der Waals surface area contributed by atoms with Crippen molar-refractivity contribution in [1.82, 2.24) is 5.32 Å². The molecule has 0 saturated carbocycles. The number of ether oxygens (including phenoxy) is 2. The van der Waals surface area contributed by atoms with Crippen molar-refractivity contribution in [3.05, 3.63) is 12.2 Å². The van der Waals surface area contributed by atoms with Crippen LogP contribution in [0.4, 0.5) is 0 Å². The minimum absolute atomic E-state index is 0.454. The van der Waals surface area contributed by atoms with Gasteiger partial charge in [0.05, 0.1) is 18.8 Å². The summed E-state index contributed by atoms with van der Waals surface area (Å²) in [4.78, 5) is 22.7. The number of hydrogen-bond acceptors (Lipinski definition) is 8. The van der Waals surface area contributed by atoms with Crippen LogP contribution in [0.5, 0.6) is 0 Å². The number of carbonyl (C=O) groups excluding carboxylic acids is 2. The summed E-state index contributed by atoms with van der Waals surface area (Å²) in [6, 6.07) is -0.924. The number of carboxylic acids is 1. The number of aliphatic hydroxyl groups is 3. The Hall–Kier alpha value is -1.52. The molecule has 9 heteroatoms. The molecule has 0 aromatic rings. The molecule has 0 aliphatic carbocycles. The lowest BCUT2D eigenvalue weighted by molar-refractivity contribution is -0.363. The predicted octanol–water partition coefficient (Wildman–Crippen LogP) is -2.97. The molecular formula is C14H22NO8-. The van der Waals surface area contributed by atoms with E-state index in [1.54, 1.807) is 13.8 Å². The average molecular weight is 332 g/mol. The predicted molar refractivity (Wildman–Crippen MR) is 74.7 cm³/mol. The van der Waals surface area contributed by atoms with Crippen molar-refractivity contribution in [2.75, 3.05) is 6.61 Å². The topological polar surface area (TPSA) is 148 Å². The van der Waals surface area contributed by atoms with E-state index >= 15 is 0 Å². The van der Waals surface area contributed by atoms with Gasteiger partial charge in [-0.05, 0) is 19.9 Å². The first-order valence-electron chi connectivity index (χ1n) is 7.13. The molecule has 0 fully saturated rings. The van der Waals surface area contributed by atoms with Crippen LogP contribution in [0, 0.1) is 0 Å². The molecular weight excluding hydrogens is 310 g/mol. The summed E-state index contributed by atoms with van der Waals surface area (Å²) in [7, 11) is 0. The van der Waals surface area contributed by atoms with E-state index < -0.39 is 54.7 Å². The van der Waals surface area contributed by atoms with Crippen LogP contribution < -0.4 is 10.4 Å². The van der Waals surface area contributed by atoms with Crippen LogP contribution in [0.15, 0.2) is 12.2 Å². The summed E-state index contributed by atoms with van der Waals surface area (Å²) < 4.78 is 10.6. The largest absolute Gasteiger partial charge is 0.544 e. The fourth-order valence-electron chi connectivity index (χ4n) is 2.21. The van der Waals surface area contributed by atoms with Gasteiger partial charge in [-0.2, -0.15) is 0 Å². The van der Waals surface area contributed by atoms with Crippen molar-refractivity contribution >= 4 is 11.9 Å². The lowest BCUT2D eigenvalue weighted by Gasteiger charge is -2.44. The van der Waals surface area contributed by atoms with Gasteiger partial charge in [-0.25, -0.2) is 0 Å². The van der Waals surface area contributed by atoms with Crippen LogP contribution in [0.2, 0.25) is 0 Å². The van der Waals surface area contributed by atoms with Gasteiger partial charge >= 0.3 is 0 Å². The Balaban J connectivity index is 3.18. The van der Waals surface area contributed by atoms with E-state index in [1.807, 2.05) is 0 Å². The van der Waals surface area contributed by atoms with E-state index in [2.05, 4.69) is 5.32 Å². The highest BCUT2D eigenvalue weighted by Crippen LogP contribution is 2.28. The van der Waals surface area contributed by atoms with Gasteiger partial charge in [-0.1, -0.05) is 6.08 Å². The first-order valence-corrected chi connectivity index (χ1v) is 7.13. The van der Waals surface area contributed by atoms with E-state index in [0.717, 1.165) is 6.08 Å². The minimum Gasteiger partial charge on any atom is -0.544 e. The fourth-order valence-corrected chi connectivity index (χ4v) is 2.21. The van der Waals surface area contributed by atoms with Crippen molar-refractivity contribution in [3.63, 3.8) is 0 Å². The van der Waals surface area contributed by atoms with Gasteiger partial charge in [0.25, 0.3) is 0 Å². The molecule has 4 N–H and O–H groups in total. The molecule has 23 heavy (non-hydrogen) atoms. The number of aliphatic carboxylic acids is 1. The summed E-state index contributed by atoms with van der Waals surface area (Å²) in [5.41, 5.74) is 0. The van der Waals surface area contributed by atoms with Gasteiger partial charge in [0, 0.05) is 6.92 Å². The first-order chi connectivity index (χ1) is 10.6. The highest BCUT2D eigenvalue weighted by Gasteiger charge is 2.45. The second-order valence-corrected chi connectivity index (χ2v) is 5.53. The number of amides is 1. The van der Waals surface area contributed by atoms with Crippen molar-refractivity contribution < 1.29 is 39.5 Å². The number of rotatable bonds is 7. The summed E-state index contributed by atoms with van der Waals surface area (Å²) >= 11 is 0. The minimum atomic E-state index is -2.27. The normalized spacial score (nSPS) is 30.0. The number of aliphatic hydroxyl groups excluding tert-OH is 3. The van der Waals surface area contributed by atoms with Gasteiger partial charge in [-0.3, -0.25) is 4.79 Å². The van der Waals surface area contributed by atoms with Gasteiger partial charge < -0.3 is 40.0 Å². The lowest BCUT2D eigenvalue weighted by atomic mass is 9.96. The Morgan fingerprint density at radius 3 is 2.48 bits per heavy atom. The second-order valence-electron chi connectivity index (χ2n) is 5.53. The smallest absolute Gasteiger partial charge is 0.230 e. The molecule has 0 radical (unpaired) electrons. The molecule has 0 saturated heterocycles. The van der Waals surface area contributed by atoms with E-state index in [1.165, 1.54) is 13.0 Å². The highest BCUT2D eigenvalue weighted by atomic mass is 16.7. The zero-order valence-corrected chi connectivity index (χ0v) is 13.1. The van der Waals surface area contributed by atoms with Crippen molar-refractivity contribution in [2.45, 2.75) is 57.0 Å².